The monoisotopic (exact) mass is 320 g/mol. The largest absolute Gasteiger partial charge is 0.487 e. The molecule has 1 aromatic carbocycles. The van der Waals surface area contributed by atoms with Crippen molar-refractivity contribution in [2.24, 2.45) is 0 Å². The second kappa shape index (κ2) is 6.16. The second-order valence-electron chi connectivity index (χ2n) is 5.56. The second-order valence-corrected chi connectivity index (χ2v) is 5.56. The Bertz CT molecular complexity index is 983. The zero-order chi connectivity index (χ0) is 16.4. The number of ether oxygens (including phenoxy) is 1. The molecule has 1 aliphatic carbocycles. The molecule has 0 spiro atoms. The van der Waals surface area contributed by atoms with E-state index in [9.17, 15) is 4.79 Å². The molecule has 0 fully saturated rings. The summed E-state index contributed by atoms with van der Waals surface area (Å²) in [5, 5.41) is 4.31. The minimum Gasteiger partial charge on any atom is -0.487 e. The first-order chi connectivity index (χ1) is 11.8. The zero-order valence-electron chi connectivity index (χ0n) is 13.0. The minimum atomic E-state index is -0.221. The maximum absolute atomic E-state index is 12.3. The molecule has 6 heteroatoms. The lowest BCUT2D eigenvalue weighted by atomic mass is 10.1. The Balaban J connectivity index is 1.63. The van der Waals surface area contributed by atoms with Crippen molar-refractivity contribution in [1.82, 2.24) is 19.6 Å². The van der Waals surface area contributed by atoms with Crippen LogP contribution in [-0.4, -0.2) is 19.6 Å². The van der Waals surface area contributed by atoms with Gasteiger partial charge in [0.05, 0.1) is 5.69 Å². The normalized spacial score (nSPS) is 13.9. The van der Waals surface area contributed by atoms with Gasteiger partial charge in [0.2, 0.25) is 5.78 Å². The molecule has 3 aromatic rings. The molecular weight excluding hydrogens is 304 g/mol. The van der Waals surface area contributed by atoms with Crippen LogP contribution in [-0.2, 0) is 6.61 Å². The van der Waals surface area contributed by atoms with E-state index in [1.165, 1.54) is 10.6 Å². The summed E-state index contributed by atoms with van der Waals surface area (Å²) in [6.07, 6.45) is 7.92. The highest BCUT2D eigenvalue weighted by atomic mass is 16.5. The molecule has 0 unspecified atom stereocenters. The van der Waals surface area contributed by atoms with Crippen LogP contribution in [0.3, 0.4) is 0 Å². The molecule has 0 aliphatic heterocycles. The molecule has 1 aliphatic rings. The number of rotatable bonds is 4. The molecular formula is C18H16N4O2. The molecule has 2 heterocycles. The smallest absolute Gasteiger partial charge is 0.276 e. The molecule has 0 radical (unpaired) electrons. The van der Waals surface area contributed by atoms with Crippen LogP contribution in [0.25, 0.3) is 11.4 Å². The van der Waals surface area contributed by atoms with Gasteiger partial charge in [-0.25, -0.2) is 0 Å². The molecule has 2 aromatic heterocycles. The fourth-order valence-electron chi connectivity index (χ4n) is 2.62. The standard InChI is InChI=1S/C18H16N4O2/c23-16-11-14(12-24-15-9-5-2-6-10-15)19-18-20-17(21-22(16)18)13-7-3-1-4-8-13/h1-3,5-7,9-11H,4,8,12H2,(H,19,20,21). The lowest BCUT2D eigenvalue weighted by Gasteiger charge is -2.05. The predicted molar refractivity (Wildman–Crippen MR) is 90.7 cm³/mol. The first-order valence-electron chi connectivity index (χ1n) is 7.82. The Morgan fingerprint density at radius 2 is 2.12 bits per heavy atom. The van der Waals surface area contributed by atoms with E-state index >= 15 is 0 Å². The molecule has 6 nitrogen and oxygen atoms in total. The number of benzene rings is 1. The number of fused-ring (bicyclic) bond motifs is 1. The fraction of sp³-hybridized carbons (Fsp3) is 0.167. The van der Waals surface area contributed by atoms with Crippen molar-refractivity contribution in [3.63, 3.8) is 0 Å². The van der Waals surface area contributed by atoms with Crippen LogP contribution < -0.4 is 10.3 Å². The van der Waals surface area contributed by atoms with E-state index in [1.54, 1.807) is 0 Å². The third-order valence-electron chi connectivity index (χ3n) is 3.82. The van der Waals surface area contributed by atoms with Crippen molar-refractivity contribution in [1.29, 1.82) is 0 Å². The average molecular weight is 320 g/mol. The summed E-state index contributed by atoms with van der Waals surface area (Å²) in [5.74, 6) is 1.77. The lowest BCUT2D eigenvalue weighted by molar-refractivity contribution is 0.301. The Hall–Kier alpha value is -3.15. The van der Waals surface area contributed by atoms with Gasteiger partial charge in [-0.05, 0) is 30.5 Å². The van der Waals surface area contributed by atoms with E-state index in [0.717, 1.165) is 24.2 Å². The topological polar surface area (TPSA) is 72.3 Å². The average Bonchev–Trinajstić information content (AvgIpc) is 3.06. The maximum atomic E-state index is 12.3. The van der Waals surface area contributed by atoms with Crippen molar-refractivity contribution in [2.75, 3.05) is 0 Å². The van der Waals surface area contributed by atoms with Crippen LogP contribution in [0.1, 0.15) is 24.4 Å². The van der Waals surface area contributed by atoms with Crippen LogP contribution in [0.5, 0.6) is 5.75 Å². The van der Waals surface area contributed by atoms with Crippen molar-refractivity contribution in [3.8, 4) is 5.75 Å². The minimum absolute atomic E-state index is 0.221. The number of nitrogens with zero attached hydrogens (tertiary/aromatic N) is 3. The SMILES string of the molecule is O=c1cc(COc2ccccc2)[nH]c2nc(C3=CC=CCC3)nn12. The highest BCUT2D eigenvalue weighted by Gasteiger charge is 2.12. The zero-order valence-corrected chi connectivity index (χ0v) is 13.0. The van der Waals surface area contributed by atoms with E-state index in [1.807, 2.05) is 42.5 Å². The van der Waals surface area contributed by atoms with Crippen molar-refractivity contribution in [2.45, 2.75) is 19.4 Å². The van der Waals surface area contributed by atoms with Crippen molar-refractivity contribution < 1.29 is 4.74 Å². The third kappa shape index (κ3) is 2.86. The molecule has 0 atom stereocenters. The quantitative estimate of drug-likeness (QED) is 0.802. The number of aromatic nitrogens is 4. The van der Waals surface area contributed by atoms with Gasteiger partial charge in [-0.3, -0.25) is 4.79 Å². The summed E-state index contributed by atoms with van der Waals surface area (Å²) >= 11 is 0. The van der Waals surface area contributed by atoms with E-state index in [2.05, 4.69) is 21.1 Å². The molecule has 24 heavy (non-hydrogen) atoms. The van der Waals surface area contributed by atoms with Gasteiger partial charge in [0.1, 0.15) is 12.4 Å². The number of allylic oxidation sites excluding steroid dienone is 4. The van der Waals surface area contributed by atoms with E-state index in [0.29, 0.717) is 17.3 Å². The van der Waals surface area contributed by atoms with E-state index < -0.39 is 0 Å². The van der Waals surface area contributed by atoms with Crippen LogP contribution in [0.2, 0.25) is 0 Å². The fourth-order valence-corrected chi connectivity index (χ4v) is 2.62. The summed E-state index contributed by atoms with van der Waals surface area (Å²) < 4.78 is 6.96. The Kier molecular flexibility index (Phi) is 3.70. The van der Waals surface area contributed by atoms with Crippen molar-refractivity contribution in [3.05, 3.63) is 76.5 Å². The van der Waals surface area contributed by atoms with Gasteiger partial charge in [-0.1, -0.05) is 36.4 Å². The Morgan fingerprint density at radius 1 is 1.25 bits per heavy atom. The summed E-state index contributed by atoms with van der Waals surface area (Å²) in [7, 11) is 0. The molecule has 0 bridgehead atoms. The summed E-state index contributed by atoms with van der Waals surface area (Å²) in [6.45, 7) is 0.267. The van der Waals surface area contributed by atoms with Crippen molar-refractivity contribution >= 4 is 11.4 Å². The predicted octanol–water partition coefficient (Wildman–Crippen LogP) is 2.73. The maximum Gasteiger partial charge on any atom is 0.276 e. The molecule has 120 valence electrons. The highest BCUT2D eigenvalue weighted by Crippen LogP contribution is 2.20. The number of hydrogen-bond acceptors (Lipinski definition) is 4. The Morgan fingerprint density at radius 3 is 2.92 bits per heavy atom. The molecule has 0 saturated heterocycles. The summed E-state index contributed by atoms with van der Waals surface area (Å²) in [6, 6.07) is 11.0. The van der Waals surface area contributed by atoms with E-state index in [-0.39, 0.29) is 12.2 Å². The Labute approximate surface area is 138 Å². The first kappa shape index (κ1) is 14.4. The van der Waals surface area contributed by atoms with Gasteiger partial charge >= 0.3 is 0 Å². The molecule has 4 rings (SSSR count). The van der Waals surface area contributed by atoms with Crippen LogP contribution >= 0.6 is 0 Å². The van der Waals surface area contributed by atoms with Crippen LogP contribution in [0, 0.1) is 0 Å². The first-order valence-corrected chi connectivity index (χ1v) is 7.82. The van der Waals surface area contributed by atoms with E-state index in [4.69, 9.17) is 4.74 Å². The van der Waals surface area contributed by atoms with Gasteiger partial charge in [-0.2, -0.15) is 9.50 Å². The lowest BCUT2D eigenvalue weighted by Crippen LogP contribution is -2.16. The van der Waals surface area contributed by atoms with Crippen LogP contribution in [0.4, 0.5) is 0 Å². The summed E-state index contributed by atoms with van der Waals surface area (Å²) in [5.41, 5.74) is 1.48. The number of hydrogen-bond donors (Lipinski definition) is 1. The summed E-state index contributed by atoms with van der Waals surface area (Å²) in [4.78, 5) is 19.8. The number of nitrogens with one attached hydrogen (secondary N) is 1. The van der Waals surface area contributed by atoms with Gasteiger partial charge in [0, 0.05) is 6.07 Å². The number of H-pyrrole nitrogens is 1. The van der Waals surface area contributed by atoms with Gasteiger partial charge in [0.15, 0.2) is 5.82 Å². The van der Waals surface area contributed by atoms with Gasteiger partial charge in [0.25, 0.3) is 5.56 Å². The molecule has 0 amide bonds. The van der Waals surface area contributed by atoms with Crippen LogP contribution in [0.15, 0.2) is 59.4 Å². The molecule has 0 saturated carbocycles. The van der Waals surface area contributed by atoms with Gasteiger partial charge in [-0.15, -0.1) is 5.10 Å². The number of para-hydroxylation sites is 1. The third-order valence-corrected chi connectivity index (χ3v) is 3.82. The number of aromatic amines is 1. The molecule has 1 N–H and O–H groups in total. The highest BCUT2D eigenvalue weighted by molar-refractivity contribution is 5.63. The van der Waals surface area contributed by atoms with Gasteiger partial charge < -0.3 is 9.72 Å².